The van der Waals surface area contributed by atoms with Gasteiger partial charge in [-0.05, 0) is 48.6 Å². The minimum atomic E-state index is -4.64. The van der Waals surface area contributed by atoms with E-state index < -0.39 is 11.7 Å². The molecule has 5 rings (SSSR count). The lowest BCUT2D eigenvalue weighted by Gasteiger charge is -2.17. The van der Waals surface area contributed by atoms with E-state index in [1.54, 1.807) is 43.0 Å². The molecule has 0 aliphatic heterocycles. The van der Waals surface area contributed by atoms with Crippen LogP contribution in [0.5, 0.6) is 11.5 Å². The summed E-state index contributed by atoms with van der Waals surface area (Å²) in [5, 5.41) is 3.01. The van der Waals surface area contributed by atoms with Gasteiger partial charge in [0.1, 0.15) is 41.6 Å². The van der Waals surface area contributed by atoms with Crippen LogP contribution in [0, 0.1) is 0 Å². The highest BCUT2D eigenvalue weighted by Crippen LogP contribution is 2.41. The molecule has 1 N–H and O–H groups in total. The number of hydrogen-bond donors (Lipinski definition) is 1. The molecule has 0 fully saturated rings. The highest BCUT2D eigenvalue weighted by atomic mass is 32.1. The van der Waals surface area contributed by atoms with Gasteiger partial charge in [-0.2, -0.15) is 13.2 Å². The van der Waals surface area contributed by atoms with Crippen LogP contribution in [0.2, 0.25) is 0 Å². The number of thiazole rings is 1. The molecule has 7 nitrogen and oxygen atoms in total. The maximum atomic E-state index is 14.0. The first-order valence-electron chi connectivity index (χ1n) is 11.2. The first kappa shape index (κ1) is 24.7. The molecular formula is C26H21F3N4O3S. The molecule has 0 saturated carbocycles. The topological polar surface area (TPSA) is 78.4 Å². The van der Waals surface area contributed by atoms with Crippen molar-refractivity contribution in [1.82, 2.24) is 15.0 Å². The zero-order valence-corrected chi connectivity index (χ0v) is 20.4. The molecule has 1 aliphatic rings. The van der Waals surface area contributed by atoms with Crippen molar-refractivity contribution in [2.45, 2.75) is 12.6 Å². The lowest BCUT2D eigenvalue weighted by atomic mass is 10.1. The number of alkyl halides is 3. The number of allylic oxidation sites excluding steroid dienone is 2. The predicted octanol–water partition coefficient (Wildman–Crippen LogP) is 6.76. The fourth-order valence-corrected chi connectivity index (χ4v) is 4.40. The standard InChI is InChI=1S/C26H21F3N4O3S/c1-34-10-11-35-17-3-6-19-21(7-4-17)30-14-31-25(19)33-16-2-8-23(20(12-16)26(27,28)29)36-18-5-9-24-22(13-18)32-15-37-24/h2-5,7-9,12-15H,6,10-11H2,1H3,(H,30,31,33). The smallest absolute Gasteiger partial charge is 0.420 e. The van der Waals surface area contributed by atoms with Crippen LogP contribution in [0.1, 0.15) is 16.8 Å². The monoisotopic (exact) mass is 526 g/mol. The van der Waals surface area contributed by atoms with E-state index in [9.17, 15) is 13.2 Å². The van der Waals surface area contributed by atoms with Gasteiger partial charge in [0, 0.05) is 30.8 Å². The Bertz CT molecular complexity index is 1480. The third-order valence-electron chi connectivity index (χ3n) is 5.53. The van der Waals surface area contributed by atoms with Crippen LogP contribution in [0.4, 0.5) is 24.7 Å². The van der Waals surface area contributed by atoms with Crippen LogP contribution in [-0.4, -0.2) is 35.3 Å². The number of rotatable bonds is 8. The first-order chi connectivity index (χ1) is 17.9. The van der Waals surface area contributed by atoms with Gasteiger partial charge in [-0.3, -0.25) is 0 Å². The molecule has 0 bridgehead atoms. The molecule has 37 heavy (non-hydrogen) atoms. The molecule has 0 saturated heterocycles. The van der Waals surface area contributed by atoms with Crippen LogP contribution < -0.4 is 10.1 Å². The molecule has 0 spiro atoms. The summed E-state index contributed by atoms with van der Waals surface area (Å²) in [6.45, 7) is 0.845. The van der Waals surface area contributed by atoms with Gasteiger partial charge in [0.25, 0.3) is 0 Å². The molecule has 0 atom stereocenters. The number of hydrogen-bond acceptors (Lipinski definition) is 8. The number of nitrogens with zero attached hydrogens (tertiary/aromatic N) is 3. The quantitative estimate of drug-likeness (QED) is 0.254. The molecule has 2 heterocycles. The van der Waals surface area contributed by atoms with Crippen molar-refractivity contribution in [2.24, 2.45) is 0 Å². The Morgan fingerprint density at radius 1 is 1.03 bits per heavy atom. The predicted molar refractivity (Wildman–Crippen MR) is 135 cm³/mol. The Morgan fingerprint density at radius 3 is 2.76 bits per heavy atom. The highest BCUT2D eigenvalue weighted by molar-refractivity contribution is 7.16. The van der Waals surface area contributed by atoms with E-state index in [1.165, 1.54) is 29.8 Å². The van der Waals surface area contributed by atoms with Gasteiger partial charge in [-0.1, -0.05) is 0 Å². The van der Waals surface area contributed by atoms with Crippen LogP contribution in [0.25, 0.3) is 16.3 Å². The molecule has 1 aliphatic carbocycles. The summed E-state index contributed by atoms with van der Waals surface area (Å²) in [5.74, 6) is 1.02. The summed E-state index contributed by atoms with van der Waals surface area (Å²) in [6.07, 6.45) is 2.59. The van der Waals surface area contributed by atoms with Crippen molar-refractivity contribution in [3.63, 3.8) is 0 Å². The fraction of sp³-hybridized carbons (Fsp3) is 0.192. The molecule has 0 unspecified atom stereocenters. The third-order valence-corrected chi connectivity index (χ3v) is 6.34. The average molecular weight is 527 g/mol. The Labute approximate surface area is 214 Å². The fourth-order valence-electron chi connectivity index (χ4n) is 3.74. The van der Waals surface area contributed by atoms with Gasteiger partial charge < -0.3 is 19.5 Å². The van der Waals surface area contributed by atoms with Crippen molar-refractivity contribution >= 4 is 39.1 Å². The van der Waals surface area contributed by atoms with Crippen LogP contribution >= 0.6 is 11.3 Å². The Hall–Kier alpha value is -3.96. The van der Waals surface area contributed by atoms with Crippen molar-refractivity contribution in [2.75, 3.05) is 25.6 Å². The third kappa shape index (κ3) is 5.73. The largest absolute Gasteiger partial charge is 0.492 e. The number of ether oxygens (including phenoxy) is 3. The summed E-state index contributed by atoms with van der Waals surface area (Å²) in [7, 11) is 1.59. The SMILES string of the molecule is COCCOC1=CCc2c(ncnc2Nc2ccc(Oc3ccc4scnc4c3)c(C(F)(F)F)c2)C=C1. The summed E-state index contributed by atoms with van der Waals surface area (Å²) >= 11 is 1.44. The van der Waals surface area contributed by atoms with Gasteiger partial charge in [0.05, 0.1) is 28.0 Å². The van der Waals surface area contributed by atoms with Crippen molar-refractivity contribution in [3.05, 3.63) is 83.0 Å². The van der Waals surface area contributed by atoms with Crippen molar-refractivity contribution in [3.8, 4) is 11.5 Å². The molecule has 190 valence electrons. The molecule has 2 aromatic heterocycles. The zero-order valence-electron chi connectivity index (χ0n) is 19.6. The maximum Gasteiger partial charge on any atom is 0.420 e. The Kier molecular flexibility index (Phi) is 7.06. The minimum absolute atomic E-state index is 0.212. The number of aromatic nitrogens is 3. The number of fused-ring (bicyclic) bond motifs is 2. The highest BCUT2D eigenvalue weighted by Gasteiger charge is 2.35. The second-order valence-corrected chi connectivity index (χ2v) is 8.88. The molecule has 2 aromatic carbocycles. The van der Waals surface area contributed by atoms with E-state index in [0.717, 1.165) is 16.3 Å². The normalized spacial score (nSPS) is 13.1. The molecule has 11 heteroatoms. The summed E-state index contributed by atoms with van der Waals surface area (Å²) in [4.78, 5) is 12.8. The van der Waals surface area contributed by atoms with Crippen molar-refractivity contribution < 1.29 is 27.4 Å². The molecule has 0 radical (unpaired) electrons. The molecular weight excluding hydrogens is 505 g/mol. The number of nitrogens with one attached hydrogen (secondary N) is 1. The zero-order chi connectivity index (χ0) is 25.8. The second-order valence-electron chi connectivity index (χ2n) is 7.99. The van der Waals surface area contributed by atoms with Crippen LogP contribution in [0.15, 0.2) is 66.1 Å². The van der Waals surface area contributed by atoms with Gasteiger partial charge in [0.15, 0.2) is 0 Å². The summed E-state index contributed by atoms with van der Waals surface area (Å²) < 4.78 is 59.2. The van der Waals surface area contributed by atoms with Gasteiger partial charge in [-0.25, -0.2) is 15.0 Å². The van der Waals surface area contributed by atoms with Crippen molar-refractivity contribution in [1.29, 1.82) is 0 Å². The van der Waals surface area contributed by atoms with E-state index in [-0.39, 0.29) is 17.2 Å². The Balaban J connectivity index is 1.40. The molecule has 4 aromatic rings. The van der Waals surface area contributed by atoms with Crippen LogP contribution in [-0.2, 0) is 22.1 Å². The number of benzene rings is 2. The number of methoxy groups -OCH3 is 1. The molecule has 0 amide bonds. The lowest BCUT2D eigenvalue weighted by Crippen LogP contribution is -2.09. The lowest BCUT2D eigenvalue weighted by molar-refractivity contribution is -0.138. The van der Waals surface area contributed by atoms with Gasteiger partial charge in [0.2, 0.25) is 0 Å². The average Bonchev–Trinajstić information content (AvgIpc) is 3.24. The van der Waals surface area contributed by atoms with E-state index in [4.69, 9.17) is 14.2 Å². The first-order valence-corrected chi connectivity index (χ1v) is 12.1. The van der Waals surface area contributed by atoms with E-state index in [2.05, 4.69) is 20.3 Å². The Morgan fingerprint density at radius 2 is 1.92 bits per heavy atom. The van der Waals surface area contributed by atoms with E-state index in [1.807, 2.05) is 6.08 Å². The minimum Gasteiger partial charge on any atom is -0.492 e. The van der Waals surface area contributed by atoms with Crippen LogP contribution in [0.3, 0.4) is 0 Å². The maximum absolute atomic E-state index is 14.0. The number of halogens is 3. The van der Waals surface area contributed by atoms with E-state index >= 15 is 0 Å². The number of anilines is 2. The second kappa shape index (κ2) is 10.6. The van der Waals surface area contributed by atoms with Gasteiger partial charge >= 0.3 is 6.18 Å². The van der Waals surface area contributed by atoms with Gasteiger partial charge in [-0.15, -0.1) is 11.3 Å². The summed E-state index contributed by atoms with van der Waals surface area (Å²) in [6, 6.07) is 8.82. The van der Waals surface area contributed by atoms with E-state index in [0.29, 0.717) is 42.4 Å². The summed E-state index contributed by atoms with van der Waals surface area (Å²) in [5.41, 5.74) is 3.01.